The van der Waals surface area contributed by atoms with Gasteiger partial charge in [-0.25, -0.2) is 4.79 Å². The average Bonchev–Trinajstić information content (AvgIpc) is 2.41. The van der Waals surface area contributed by atoms with Crippen molar-refractivity contribution < 1.29 is 8.98 Å². The molecule has 0 N–H and O–H groups in total. The normalized spacial score (nSPS) is 14.2. The van der Waals surface area contributed by atoms with Crippen LogP contribution in [0.5, 0.6) is 0 Å². The zero-order valence-corrected chi connectivity index (χ0v) is 10.8. The van der Waals surface area contributed by atoms with Crippen molar-refractivity contribution >= 4 is 21.9 Å². The van der Waals surface area contributed by atoms with Crippen LogP contribution in [0.2, 0.25) is 0 Å². The molecule has 0 saturated carbocycles. The minimum atomic E-state index is -0.256. The Morgan fingerprint density at radius 2 is 2.21 bits per heavy atom. The van der Waals surface area contributed by atoms with E-state index in [4.69, 9.17) is 4.42 Å². The number of rotatable bonds is 0. The zero-order chi connectivity index (χ0) is 13.0. The van der Waals surface area contributed by atoms with Crippen LogP contribution in [0.4, 0.5) is 0 Å². The van der Waals surface area contributed by atoms with E-state index >= 15 is 0 Å². The smallest absolute Gasteiger partial charge is 0.336 e. The van der Waals surface area contributed by atoms with Gasteiger partial charge in [0.05, 0.1) is 5.56 Å². The molecule has 19 heavy (non-hydrogen) atoms. The zero-order valence-electron chi connectivity index (χ0n) is 10.8. The minimum Gasteiger partial charge on any atom is -0.422 e. The van der Waals surface area contributed by atoms with Crippen molar-refractivity contribution in [3.8, 4) is 0 Å². The third kappa shape index (κ3) is 1.44. The Hall–Kier alpha value is -2.16. The number of pyridine rings is 1. The lowest BCUT2D eigenvalue weighted by Crippen LogP contribution is -2.38. The molecule has 0 radical (unpaired) electrons. The summed E-state index contributed by atoms with van der Waals surface area (Å²) in [6.07, 6.45) is 4.17. The van der Waals surface area contributed by atoms with Crippen molar-refractivity contribution in [2.24, 2.45) is 0 Å². The molecule has 0 spiro atoms. The van der Waals surface area contributed by atoms with Gasteiger partial charge in [-0.15, -0.1) is 0 Å². The number of hydrogen-bond acceptors (Lipinski definition) is 2. The van der Waals surface area contributed by atoms with E-state index in [-0.39, 0.29) is 5.63 Å². The Bertz CT molecular complexity index is 877. The molecule has 4 rings (SSSR count). The largest absolute Gasteiger partial charge is 0.422 e. The van der Waals surface area contributed by atoms with Crippen molar-refractivity contribution in [1.82, 2.24) is 0 Å². The Kier molecular flexibility index (Phi) is 2.07. The van der Waals surface area contributed by atoms with Crippen LogP contribution in [0.25, 0.3) is 21.9 Å². The molecule has 0 unspecified atom stereocenters. The lowest BCUT2D eigenvalue weighted by Gasteiger charge is -2.13. The van der Waals surface area contributed by atoms with Crippen molar-refractivity contribution in [3.05, 3.63) is 52.0 Å². The van der Waals surface area contributed by atoms with Crippen LogP contribution in [-0.4, -0.2) is 0 Å². The van der Waals surface area contributed by atoms with Crippen LogP contribution in [0.1, 0.15) is 17.5 Å². The summed E-state index contributed by atoms with van der Waals surface area (Å²) in [5, 5.41) is 2.28. The second-order valence-electron chi connectivity index (χ2n) is 5.22. The molecule has 3 heterocycles. The maximum Gasteiger partial charge on any atom is 0.336 e. The molecule has 3 heteroatoms. The van der Waals surface area contributed by atoms with E-state index in [1.165, 1.54) is 16.5 Å². The molecule has 2 aromatic heterocycles. The van der Waals surface area contributed by atoms with Crippen LogP contribution in [-0.2, 0) is 13.0 Å². The fourth-order valence-corrected chi connectivity index (χ4v) is 3.16. The van der Waals surface area contributed by atoms with Gasteiger partial charge in [-0.2, -0.15) is 4.57 Å². The van der Waals surface area contributed by atoms with Gasteiger partial charge in [-0.05, 0) is 31.0 Å². The van der Waals surface area contributed by atoms with Crippen LogP contribution >= 0.6 is 0 Å². The number of hydrogen-bond donors (Lipinski definition) is 0. The molecule has 1 aliphatic rings. The summed E-state index contributed by atoms with van der Waals surface area (Å²) in [5.41, 5.74) is 3.91. The monoisotopic (exact) mass is 252 g/mol. The summed E-state index contributed by atoms with van der Waals surface area (Å²) in [6, 6.07) is 7.91. The van der Waals surface area contributed by atoms with Crippen molar-refractivity contribution in [2.45, 2.75) is 26.3 Å². The van der Waals surface area contributed by atoms with E-state index in [0.29, 0.717) is 0 Å². The molecule has 0 saturated heterocycles. The number of aryl methyl sites for hydroxylation is 3. The first-order chi connectivity index (χ1) is 9.24. The predicted octanol–water partition coefficient (Wildman–Crippen LogP) is 2.49. The van der Waals surface area contributed by atoms with Gasteiger partial charge < -0.3 is 4.42 Å². The molecular formula is C16H14NO2+. The molecule has 0 atom stereocenters. The molecule has 3 nitrogen and oxygen atoms in total. The van der Waals surface area contributed by atoms with Gasteiger partial charge in [0.1, 0.15) is 12.1 Å². The highest BCUT2D eigenvalue weighted by molar-refractivity contribution is 5.97. The standard InChI is InChI=1S/C16H14NO2/c1-10-8-14(18)19-16-12-5-3-7-17-6-2-4-11(15(12)17)9-13(10)16/h2,4,6,8-9H,3,5,7H2,1H3/q+1. The van der Waals surface area contributed by atoms with E-state index in [2.05, 4.69) is 29.0 Å². The molecule has 1 aliphatic heterocycles. The second-order valence-corrected chi connectivity index (χ2v) is 5.22. The maximum atomic E-state index is 11.6. The number of nitrogens with zero attached hydrogens (tertiary/aromatic N) is 1. The fourth-order valence-electron chi connectivity index (χ4n) is 3.16. The summed E-state index contributed by atoms with van der Waals surface area (Å²) in [4.78, 5) is 11.6. The topological polar surface area (TPSA) is 34.1 Å². The summed E-state index contributed by atoms with van der Waals surface area (Å²) >= 11 is 0. The average molecular weight is 252 g/mol. The lowest BCUT2D eigenvalue weighted by molar-refractivity contribution is -0.674. The summed E-state index contributed by atoms with van der Waals surface area (Å²) in [5.74, 6) is 0. The van der Waals surface area contributed by atoms with Gasteiger partial charge in [0.15, 0.2) is 6.20 Å². The van der Waals surface area contributed by atoms with Crippen LogP contribution in [0.3, 0.4) is 0 Å². The number of benzene rings is 1. The van der Waals surface area contributed by atoms with Gasteiger partial charge >= 0.3 is 5.63 Å². The molecule has 0 aliphatic carbocycles. The highest BCUT2D eigenvalue weighted by atomic mass is 16.4. The minimum absolute atomic E-state index is 0.256. The van der Waals surface area contributed by atoms with Gasteiger partial charge in [-0.1, -0.05) is 0 Å². The van der Waals surface area contributed by atoms with Crippen molar-refractivity contribution in [1.29, 1.82) is 0 Å². The van der Waals surface area contributed by atoms with Gasteiger partial charge in [0, 0.05) is 29.3 Å². The highest BCUT2D eigenvalue weighted by Crippen LogP contribution is 2.30. The predicted molar refractivity (Wildman–Crippen MR) is 73.2 cm³/mol. The molecule has 0 bridgehead atoms. The van der Waals surface area contributed by atoms with E-state index < -0.39 is 0 Å². The molecule has 0 amide bonds. The molecule has 94 valence electrons. The Morgan fingerprint density at radius 1 is 1.32 bits per heavy atom. The first kappa shape index (κ1) is 10.7. The quantitative estimate of drug-likeness (QED) is 0.350. The van der Waals surface area contributed by atoms with Gasteiger partial charge in [-0.3, -0.25) is 0 Å². The van der Waals surface area contributed by atoms with E-state index in [9.17, 15) is 4.79 Å². The third-order valence-corrected chi connectivity index (χ3v) is 3.99. The first-order valence-corrected chi connectivity index (χ1v) is 6.62. The molecule has 0 fully saturated rings. The summed E-state index contributed by atoms with van der Waals surface area (Å²) < 4.78 is 7.75. The van der Waals surface area contributed by atoms with Crippen LogP contribution < -0.4 is 10.2 Å². The Balaban J connectivity index is 2.32. The summed E-state index contributed by atoms with van der Waals surface area (Å²) in [7, 11) is 0. The lowest BCUT2D eigenvalue weighted by atomic mass is 9.97. The number of aromatic nitrogens is 1. The second kappa shape index (κ2) is 3.67. The first-order valence-electron chi connectivity index (χ1n) is 6.62. The van der Waals surface area contributed by atoms with E-state index in [0.717, 1.165) is 35.9 Å². The van der Waals surface area contributed by atoms with E-state index in [1.807, 2.05) is 6.92 Å². The van der Waals surface area contributed by atoms with Gasteiger partial charge in [0.2, 0.25) is 5.52 Å². The van der Waals surface area contributed by atoms with E-state index in [1.54, 1.807) is 6.07 Å². The third-order valence-electron chi connectivity index (χ3n) is 3.99. The SMILES string of the molecule is Cc1cc(=O)oc2c3c4c(ccc[n+]4CCC3)cc12. The summed E-state index contributed by atoms with van der Waals surface area (Å²) in [6.45, 7) is 3.00. The Morgan fingerprint density at radius 3 is 3.11 bits per heavy atom. The Labute approximate surface area is 110 Å². The maximum absolute atomic E-state index is 11.6. The molecular weight excluding hydrogens is 238 g/mol. The number of fused-ring (bicyclic) bond motifs is 2. The van der Waals surface area contributed by atoms with Crippen LogP contribution in [0.15, 0.2) is 39.7 Å². The highest BCUT2D eigenvalue weighted by Gasteiger charge is 2.23. The van der Waals surface area contributed by atoms with Crippen LogP contribution in [0, 0.1) is 6.92 Å². The molecule has 1 aromatic carbocycles. The van der Waals surface area contributed by atoms with Crippen molar-refractivity contribution in [2.75, 3.05) is 0 Å². The van der Waals surface area contributed by atoms with Crippen molar-refractivity contribution in [3.63, 3.8) is 0 Å². The fraction of sp³-hybridized carbons (Fsp3) is 0.250. The molecule has 3 aromatic rings. The van der Waals surface area contributed by atoms with Gasteiger partial charge in [0.25, 0.3) is 0 Å².